The van der Waals surface area contributed by atoms with Crippen LogP contribution in [-0.2, 0) is 9.47 Å². The number of hydrogen-bond donors (Lipinski definition) is 0. The molecule has 0 N–H and O–H groups in total. The van der Waals surface area contributed by atoms with Crippen LogP contribution in [0.25, 0.3) is 0 Å². The Morgan fingerprint density at radius 2 is 2.16 bits per heavy atom. The lowest BCUT2D eigenvalue weighted by atomic mass is 9.80. The number of carbonyl (C=O) groups excluding carboxylic acids is 1. The van der Waals surface area contributed by atoms with E-state index >= 15 is 0 Å². The van der Waals surface area contributed by atoms with Crippen LogP contribution in [0.1, 0.15) is 35.2 Å². The maximum absolute atomic E-state index is 12.7. The normalized spacial score (nSPS) is 30.7. The van der Waals surface area contributed by atoms with Gasteiger partial charge >= 0.3 is 0 Å². The fourth-order valence-corrected chi connectivity index (χ4v) is 3.18. The average molecular weight is 260 g/mol. The second kappa shape index (κ2) is 5.06. The lowest BCUT2D eigenvalue weighted by Crippen LogP contribution is -2.42. The van der Waals surface area contributed by atoms with Crippen molar-refractivity contribution < 1.29 is 14.3 Å². The molecule has 1 aromatic carbocycles. The van der Waals surface area contributed by atoms with Crippen LogP contribution in [0, 0.1) is 12.8 Å². The summed E-state index contributed by atoms with van der Waals surface area (Å²) in [6, 6.07) is 7.85. The van der Waals surface area contributed by atoms with Crippen LogP contribution in [0.4, 0.5) is 0 Å². The van der Waals surface area contributed by atoms with Crippen LogP contribution in [0.3, 0.4) is 0 Å². The Morgan fingerprint density at radius 1 is 1.32 bits per heavy atom. The van der Waals surface area contributed by atoms with Crippen molar-refractivity contribution >= 4 is 5.78 Å². The number of ketones is 1. The van der Waals surface area contributed by atoms with E-state index in [1.165, 1.54) is 0 Å². The summed E-state index contributed by atoms with van der Waals surface area (Å²) in [5, 5.41) is 0. The van der Waals surface area contributed by atoms with Crippen LogP contribution >= 0.6 is 0 Å². The number of rotatable bonds is 2. The van der Waals surface area contributed by atoms with Gasteiger partial charge in [-0.2, -0.15) is 0 Å². The predicted molar refractivity (Wildman–Crippen MR) is 72.4 cm³/mol. The largest absolute Gasteiger partial charge is 0.378 e. The Hall–Kier alpha value is -1.19. The molecular formula is C16H20O3. The van der Waals surface area contributed by atoms with Gasteiger partial charge in [-0.3, -0.25) is 4.79 Å². The lowest BCUT2D eigenvalue weighted by Gasteiger charge is -2.36. The molecule has 0 aromatic heterocycles. The first-order valence-electron chi connectivity index (χ1n) is 7.02. The highest BCUT2D eigenvalue weighted by Crippen LogP contribution is 2.37. The molecular weight excluding hydrogens is 240 g/mol. The number of hydrogen-bond acceptors (Lipinski definition) is 3. The van der Waals surface area contributed by atoms with Gasteiger partial charge in [-0.05, 0) is 25.3 Å². The van der Waals surface area contributed by atoms with Crippen LogP contribution in [0.2, 0.25) is 0 Å². The predicted octanol–water partition coefficient (Wildman–Crippen LogP) is 2.76. The number of aryl methyl sites for hydroxylation is 1. The van der Waals surface area contributed by atoms with Crippen molar-refractivity contribution in [3.05, 3.63) is 35.4 Å². The highest BCUT2D eigenvalue weighted by Gasteiger charge is 2.43. The van der Waals surface area contributed by atoms with Crippen molar-refractivity contribution in [3.8, 4) is 0 Å². The van der Waals surface area contributed by atoms with E-state index in [-0.39, 0.29) is 17.3 Å². The minimum atomic E-state index is -0.193. The SMILES string of the molecule is Cc1ccccc1C(=O)C1CCOC2(CCOC2)C1. The molecule has 2 heterocycles. The summed E-state index contributed by atoms with van der Waals surface area (Å²) in [5.74, 6) is 0.351. The molecule has 0 bridgehead atoms. The van der Waals surface area contributed by atoms with E-state index < -0.39 is 0 Å². The van der Waals surface area contributed by atoms with Gasteiger partial charge in [-0.1, -0.05) is 24.3 Å². The molecule has 0 aliphatic carbocycles. The van der Waals surface area contributed by atoms with Crippen molar-refractivity contribution in [2.24, 2.45) is 5.92 Å². The van der Waals surface area contributed by atoms with Gasteiger partial charge in [0.25, 0.3) is 0 Å². The third kappa shape index (κ3) is 2.45. The molecule has 1 spiro atoms. The number of Topliss-reactive ketones (excluding diaryl/α,β-unsaturated/α-hetero) is 1. The molecule has 2 saturated heterocycles. The quantitative estimate of drug-likeness (QED) is 0.767. The van der Waals surface area contributed by atoms with Gasteiger partial charge in [0.1, 0.15) is 0 Å². The number of benzene rings is 1. The summed E-state index contributed by atoms with van der Waals surface area (Å²) in [7, 11) is 0. The molecule has 2 unspecified atom stereocenters. The van der Waals surface area contributed by atoms with Gasteiger partial charge in [-0.15, -0.1) is 0 Å². The van der Waals surface area contributed by atoms with Crippen LogP contribution in [0.15, 0.2) is 24.3 Å². The van der Waals surface area contributed by atoms with Crippen molar-refractivity contribution in [1.82, 2.24) is 0 Å². The molecule has 2 fully saturated rings. The second-order valence-corrected chi connectivity index (χ2v) is 5.70. The monoisotopic (exact) mass is 260 g/mol. The minimum absolute atomic E-state index is 0.0801. The van der Waals surface area contributed by atoms with E-state index in [4.69, 9.17) is 9.47 Å². The smallest absolute Gasteiger partial charge is 0.166 e. The third-order valence-corrected chi connectivity index (χ3v) is 4.34. The summed E-state index contributed by atoms with van der Waals surface area (Å²) in [4.78, 5) is 12.7. The maximum atomic E-state index is 12.7. The standard InChI is InChI=1S/C16H20O3/c1-12-4-2-3-5-14(12)15(17)13-6-8-19-16(10-13)7-9-18-11-16/h2-5,13H,6-11H2,1H3. The van der Waals surface area contributed by atoms with Gasteiger partial charge in [0.05, 0.1) is 12.2 Å². The highest BCUT2D eigenvalue weighted by molar-refractivity contribution is 5.99. The Morgan fingerprint density at radius 3 is 2.89 bits per heavy atom. The molecule has 2 aliphatic heterocycles. The molecule has 0 saturated carbocycles. The molecule has 102 valence electrons. The molecule has 0 radical (unpaired) electrons. The van der Waals surface area contributed by atoms with Gasteiger partial charge in [0, 0.05) is 31.1 Å². The maximum Gasteiger partial charge on any atom is 0.166 e. The summed E-state index contributed by atoms with van der Waals surface area (Å²) in [6.07, 6.45) is 2.56. The fraction of sp³-hybridized carbons (Fsp3) is 0.562. The zero-order valence-corrected chi connectivity index (χ0v) is 11.4. The molecule has 2 atom stereocenters. The van der Waals surface area contributed by atoms with E-state index in [0.29, 0.717) is 13.2 Å². The van der Waals surface area contributed by atoms with Crippen LogP contribution in [0.5, 0.6) is 0 Å². The highest BCUT2D eigenvalue weighted by atomic mass is 16.6. The van der Waals surface area contributed by atoms with E-state index in [1.54, 1.807) is 0 Å². The molecule has 3 heteroatoms. The summed E-state index contributed by atoms with van der Waals surface area (Å²) >= 11 is 0. The Labute approximate surface area is 113 Å². The van der Waals surface area contributed by atoms with E-state index in [2.05, 4.69) is 0 Å². The van der Waals surface area contributed by atoms with E-state index in [1.807, 2.05) is 31.2 Å². The van der Waals surface area contributed by atoms with E-state index in [0.717, 1.165) is 37.0 Å². The Bertz CT molecular complexity index is 475. The van der Waals surface area contributed by atoms with Crippen molar-refractivity contribution in [3.63, 3.8) is 0 Å². The first kappa shape index (κ1) is 12.8. The van der Waals surface area contributed by atoms with E-state index in [9.17, 15) is 4.79 Å². The first-order valence-corrected chi connectivity index (χ1v) is 7.02. The van der Waals surface area contributed by atoms with Crippen LogP contribution in [-0.4, -0.2) is 31.2 Å². The van der Waals surface area contributed by atoms with Crippen molar-refractivity contribution in [1.29, 1.82) is 0 Å². The first-order chi connectivity index (χ1) is 9.20. The molecule has 1 aromatic rings. The lowest BCUT2D eigenvalue weighted by molar-refractivity contribution is -0.0920. The van der Waals surface area contributed by atoms with Gasteiger partial charge < -0.3 is 9.47 Å². The second-order valence-electron chi connectivity index (χ2n) is 5.70. The van der Waals surface area contributed by atoms with Crippen LogP contribution < -0.4 is 0 Å². The molecule has 2 aliphatic rings. The Balaban J connectivity index is 1.78. The van der Waals surface area contributed by atoms with Gasteiger partial charge in [0.2, 0.25) is 0 Å². The van der Waals surface area contributed by atoms with Gasteiger partial charge in [0.15, 0.2) is 5.78 Å². The molecule has 3 rings (SSSR count). The van der Waals surface area contributed by atoms with Crippen molar-refractivity contribution in [2.45, 2.75) is 31.8 Å². The number of carbonyl (C=O) groups is 1. The zero-order valence-electron chi connectivity index (χ0n) is 11.4. The summed E-state index contributed by atoms with van der Waals surface area (Å²) in [6.45, 7) is 4.07. The fourth-order valence-electron chi connectivity index (χ4n) is 3.18. The summed E-state index contributed by atoms with van der Waals surface area (Å²) < 4.78 is 11.4. The topological polar surface area (TPSA) is 35.5 Å². The van der Waals surface area contributed by atoms with Gasteiger partial charge in [-0.25, -0.2) is 0 Å². The zero-order chi connectivity index (χ0) is 13.3. The van der Waals surface area contributed by atoms with Crippen molar-refractivity contribution in [2.75, 3.05) is 19.8 Å². The average Bonchev–Trinajstić information content (AvgIpc) is 2.86. The number of ether oxygens (including phenoxy) is 2. The third-order valence-electron chi connectivity index (χ3n) is 4.34. The molecule has 3 nitrogen and oxygen atoms in total. The Kier molecular flexibility index (Phi) is 3.42. The summed E-state index contributed by atoms with van der Waals surface area (Å²) in [5.41, 5.74) is 1.74. The minimum Gasteiger partial charge on any atom is -0.378 e. The molecule has 0 amide bonds. The molecule has 19 heavy (non-hydrogen) atoms.